The topological polar surface area (TPSA) is 49.3 Å². The molecule has 2 N–H and O–H groups in total. The molecule has 0 spiro atoms. The normalized spacial score (nSPS) is 31.2. The van der Waals surface area contributed by atoms with Crippen LogP contribution in [0.3, 0.4) is 0 Å². The third kappa shape index (κ3) is 2.21. The molecule has 0 radical (unpaired) electrons. The first kappa shape index (κ1) is 10.5. The number of carbonyl (C=O) groups excluding carboxylic acids is 1. The minimum atomic E-state index is -1.23. The molecule has 3 nitrogen and oxygen atoms in total. The van der Waals surface area contributed by atoms with Crippen LogP contribution in [0.2, 0.25) is 0 Å². The van der Waals surface area contributed by atoms with Crippen LogP contribution in [0.15, 0.2) is 0 Å². The van der Waals surface area contributed by atoms with Gasteiger partial charge in [-0.25, -0.2) is 0 Å². The van der Waals surface area contributed by atoms with Crippen molar-refractivity contribution in [3.63, 3.8) is 0 Å². The molecule has 0 aromatic heterocycles. The Morgan fingerprint density at radius 1 is 1.62 bits per heavy atom. The SMILES string of the molecule is CC(C)C(C)(O)C(=O)N[C@@H]1C[C@H]1C. The molecule has 1 aliphatic rings. The van der Waals surface area contributed by atoms with Gasteiger partial charge in [0.05, 0.1) is 0 Å². The Hall–Kier alpha value is -0.570. The van der Waals surface area contributed by atoms with E-state index in [0.29, 0.717) is 5.92 Å². The lowest BCUT2D eigenvalue weighted by Crippen LogP contribution is -2.49. The second kappa shape index (κ2) is 3.29. The van der Waals surface area contributed by atoms with Crippen LogP contribution < -0.4 is 5.32 Å². The molecule has 0 aromatic rings. The van der Waals surface area contributed by atoms with Gasteiger partial charge in [0, 0.05) is 6.04 Å². The van der Waals surface area contributed by atoms with E-state index in [0.717, 1.165) is 6.42 Å². The number of amides is 1. The van der Waals surface area contributed by atoms with Gasteiger partial charge >= 0.3 is 0 Å². The molecule has 13 heavy (non-hydrogen) atoms. The zero-order valence-corrected chi connectivity index (χ0v) is 8.79. The van der Waals surface area contributed by atoms with Gasteiger partial charge in [-0.3, -0.25) is 4.79 Å². The number of hydrogen-bond donors (Lipinski definition) is 2. The Morgan fingerprint density at radius 2 is 2.08 bits per heavy atom. The van der Waals surface area contributed by atoms with Crippen LogP contribution >= 0.6 is 0 Å². The van der Waals surface area contributed by atoms with Crippen LogP contribution in [0.5, 0.6) is 0 Å². The van der Waals surface area contributed by atoms with Crippen molar-refractivity contribution < 1.29 is 9.90 Å². The quantitative estimate of drug-likeness (QED) is 0.687. The van der Waals surface area contributed by atoms with E-state index in [-0.39, 0.29) is 17.9 Å². The summed E-state index contributed by atoms with van der Waals surface area (Å²) in [6.45, 7) is 7.35. The fraction of sp³-hybridized carbons (Fsp3) is 0.900. The highest BCUT2D eigenvalue weighted by molar-refractivity contribution is 5.85. The van der Waals surface area contributed by atoms with E-state index in [1.807, 2.05) is 13.8 Å². The standard InChI is InChI=1S/C10H19NO2/c1-6(2)10(4,13)9(12)11-8-5-7(8)3/h6-8,13H,5H2,1-4H3,(H,11,12)/t7-,8-,10?/m1/s1. The summed E-state index contributed by atoms with van der Waals surface area (Å²) >= 11 is 0. The average molecular weight is 185 g/mol. The Labute approximate surface area is 79.5 Å². The average Bonchev–Trinajstić information content (AvgIpc) is 2.65. The summed E-state index contributed by atoms with van der Waals surface area (Å²) in [7, 11) is 0. The molecule has 0 aliphatic heterocycles. The van der Waals surface area contributed by atoms with Crippen molar-refractivity contribution in [3.05, 3.63) is 0 Å². The van der Waals surface area contributed by atoms with E-state index in [1.54, 1.807) is 6.92 Å². The molecule has 1 amide bonds. The van der Waals surface area contributed by atoms with Gasteiger partial charge in [-0.15, -0.1) is 0 Å². The summed E-state index contributed by atoms with van der Waals surface area (Å²) < 4.78 is 0. The maximum atomic E-state index is 11.5. The van der Waals surface area contributed by atoms with Crippen LogP contribution in [0.25, 0.3) is 0 Å². The van der Waals surface area contributed by atoms with Gasteiger partial charge in [-0.1, -0.05) is 20.8 Å². The van der Waals surface area contributed by atoms with Gasteiger partial charge in [0.2, 0.25) is 0 Å². The summed E-state index contributed by atoms with van der Waals surface area (Å²) in [6.07, 6.45) is 1.04. The van der Waals surface area contributed by atoms with E-state index in [2.05, 4.69) is 12.2 Å². The second-order valence-electron chi connectivity index (χ2n) is 4.60. The van der Waals surface area contributed by atoms with Gasteiger partial charge in [0.25, 0.3) is 5.91 Å². The largest absolute Gasteiger partial charge is 0.380 e. The van der Waals surface area contributed by atoms with Gasteiger partial charge in [0.15, 0.2) is 0 Å². The highest BCUT2D eigenvalue weighted by atomic mass is 16.3. The summed E-state index contributed by atoms with van der Waals surface area (Å²) in [4.78, 5) is 11.5. The van der Waals surface area contributed by atoms with Crippen LogP contribution in [0, 0.1) is 11.8 Å². The number of rotatable bonds is 3. The van der Waals surface area contributed by atoms with E-state index >= 15 is 0 Å². The summed E-state index contributed by atoms with van der Waals surface area (Å²) in [5.41, 5.74) is -1.23. The van der Waals surface area contributed by atoms with Gasteiger partial charge in [0.1, 0.15) is 5.60 Å². The monoisotopic (exact) mass is 185 g/mol. The Bertz CT molecular complexity index is 211. The lowest BCUT2D eigenvalue weighted by atomic mass is 9.91. The Kier molecular flexibility index (Phi) is 2.66. The third-order valence-electron chi connectivity index (χ3n) is 3.01. The number of hydrogen-bond acceptors (Lipinski definition) is 2. The van der Waals surface area contributed by atoms with Crippen molar-refractivity contribution in [2.75, 3.05) is 0 Å². The van der Waals surface area contributed by atoms with Crippen molar-refractivity contribution in [2.45, 2.75) is 45.8 Å². The first-order valence-corrected chi connectivity index (χ1v) is 4.89. The fourth-order valence-corrected chi connectivity index (χ4v) is 1.10. The molecule has 1 unspecified atom stereocenters. The van der Waals surface area contributed by atoms with Crippen molar-refractivity contribution in [1.29, 1.82) is 0 Å². The Morgan fingerprint density at radius 3 is 2.38 bits per heavy atom. The zero-order chi connectivity index (χ0) is 10.2. The minimum absolute atomic E-state index is 0.0541. The van der Waals surface area contributed by atoms with Gasteiger partial charge in [-0.05, 0) is 25.2 Å². The molecule has 0 saturated heterocycles. The molecule has 0 bridgehead atoms. The molecule has 0 aromatic carbocycles. The maximum absolute atomic E-state index is 11.5. The number of aliphatic hydroxyl groups is 1. The van der Waals surface area contributed by atoms with E-state index in [4.69, 9.17) is 0 Å². The van der Waals surface area contributed by atoms with E-state index in [9.17, 15) is 9.90 Å². The molecule has 3 atom stereocenters. The summed E-state index contributed by atoms with van der Waals surface area (Å²) in [6, 6.07) is 0.290. The summed E-state index contributed by atoms with van der Waals surface area (Å²) in [5, 5.41) is 12.6. The predicted molar refractivity (Wildman–Crippen MR) is 51.2 cm³/mol. The van der Waals surface area contributed by atoms with Crippen molar-refractivity contribution >= 4 is 5.91 Å². The molecular weight excluding hydrogens is 166 g/mol. The lowest BCUT2D eigenvalue weighted by molar-refractivity contribution is -0.142. The minimum Gasteiger partial charge on any atom is -0.380 e. The highest BCUT2D eigenvalue weighted by Crippen LogP contribution is 2.30. The second-order valence-corrected chi connectivity index (χ2v) is 4.60. The molecule has 1 saturated carbocycles. The first-order chi connectivity index (χ1) is 5.85. The number of carbonyl (C=O) groups is 1. The Balaban J connectivity index is 2.46. The van der Waals surface area contributed by atoms with Crippen molar-refractivity contribution in [1.82, 2.24) is 5.32 Å². The van der Waals surface area contributed by atoms with Crippen LogP contribution in [0.4, 0.5) is 0 Å². The van der Waals surface area contributed by atoms with Gasteiger partial charge in [-0.2, -0.15) is 0 Å². The third-order valence-corrected chi connectivity index (χ3v) is 3.01. The molecule has 0 heterocycles. The molecule has 3 heteroatoms. The zero-order valence-electron chi connectivity index (χ0n) is 8.79. The first-order valence-electron chi connectivity index (χ1n) is 4.89. The summed E-state index contributed by atoms with van der Waals surface area (Å²) in [5.74, 6) is 0.283. The molecule has 1 rings (SSSR count). The van der Waals surface area contributed by atoms with Gasteiger partial charge < -0.3 is 10.4 Å². The maximum Gasteiger partial charge on any atom is 0.252 e. The van der Waals surface area contributed by atoms with Crippen LogP contribution in [0.1, 0.15) is 34.1 Å². The van der Waals surface area contributed by atoms with Crippen molar-refractivity contribution in [2.24, 2.45) is 11.8 Å². The highest BCUT2D eigenvalue weighted by Gasteiger charge is 2.40. The fourth-order valence-electron chi connectivity index (χ4n) is 1.10. The smallest absolute Gasteiger partial charge is 0.252 e. The van der Waals surface area contributed by atoms with Crippen LogP contribution in [-0.4, -0.2) is 22.7 Å². The van der Waals surface area contributed by atoms with E-state index in [1.165, 1.54) is 0 Å². The lowest BCUT2D eigenvalue weighted by Gasteiger charge is -2.26. The number of nitrogens with one attached hydrogen (secondary N) is 1. The van der Waals surface area contributed by atoms with Crippen LogP contribution in [-0.2, 0) is 4.79 Å². The molecule has 76 valence electrons. The molecule has 1 fully saturated rings. The molecular formula is C10H19NO2. The molecule has 1 aliphatic carbocycles. The van der Waals surface area contributed by atoms with Crippen molar-refractivity contribution in [3.8, 4) is 0 Å². The van der Waals surface area contributed by atoms with E-state index < -0.39 is 5.60 Å². The predicted octanol–water partition coefficient (Wildman–Crippen LogP) is 0.918.